The van der Waals surface area contributed by atoms with E-state index in [1.54, 1.807) is 0 Å². The highest BCUT2D eigenvalue weighted by Crippen LogP contribution is 2.17. The molecule has 0 fully saturated rings. The first-order chi connectivity index (χ1) is 6.44. The van der Waals surface area contributed by atoms with E-state index in [9.17, 15) is 4.79 Å². The SMILES string of the molecule is CC(C)(C)COCC(C)(C)C.CC(C)=O. The Hall–Kier alpha value is -0.370. The predicted octanol–water partition coefficient (Wildman–Crippen LogP) is 3.69. The molecule has 2 nitrogen and oxygen atoms in total. The van der Waals surface area contributed by atoms with E-state index in [1.807, 2.05) is 0 Å². The minimum atomic E-state index is 0.167. The van der Waals surface area contributed by atoms with Crippen molar-refractivity contribution in [1.29, 1.82) is 0 Å². The highest BCUT2D eigenvalue weighted by molar-refractivity contribution is 5.72. The molecule has 0 aromatic heterocycles. The van der Waals surface area contributed by atoms with Gasteiger partial charge in [0.15, 0.2) is 0 Å². The van der Waals surface area contributed by atoms with Gasteiger partial charge in [-0.15, -0.1) is 0 Å². The molecule has 0 heterocycles. The zero-order chi connectivity index (χ0) is 12.7. The number of Topliss-reactive ketones (excluding diaryl/α,β-unsaturated/α-hetero) is 1. The zero-order valence-electron chi connectivity index (χ0n) is 11.7. The van der Waals surface area contributed by atoms with Crippen LogP contribution in [0.5, 0.6) is 0 Å². The Kier molecular flexibility index (Phi) is 7.95. The molecule has 2 heteroatoms. The van der Waals surface area contributed by atoms with Crippen LogP contribution in [0.15, 0.2) is 0 Å². The molecule has 0 aliphatic rings. The fraction of sp³-hybridized carbons (Fsp3) is 0.923. The summed E-state index contributed by atoms with van der Waals surface area (Å²) in [5.74, 6) is 0.167. The average molecular weight is 216 g/mol. The molecule has 0 saturated carbocycles. The summed E-state index contributed by atoms with van der Waals surface area (Å²) in [7, 11) is 0. The van der Waals surface area contributed by atoms with Crippen LogP contribution in [-0.4, -0.2) is 19.0 Å². The summed E-state index contributed by atoms with van der Waals surface area (Å²) in [6.45, 7) is 17.9. The number of ketones is 1. The number of carbonyl (C=O) groups excluding carboxylic acids is 1. The first kappa shape index (κ1) is 17.0. The minimum Gasteiger partial charge on any atom is -0.380 e. The normalized spacial score (nSPS) is 11.7. The first-order valence-electron chi connectivity index (χ1n) is 5.49. The van der Waals surface area contributed by atoms with Gasteiger partial charge < -0.3 is 9.53 Å². The first-order valence-corrected chi connectivity index (χ1v) is 5.49. The lowest BCUT2D eigenvalue weighted by atomic mass is 9.97. The molecule has 15 heavy (non-hydrogen) atoms. The summed E-state index contributed by atoms with van der Waals surface area (Å²) >= 11 is 0. The quantitative estimate of drug-likeness (QED) is 0.703. The second-order valence-corrected chi connectivity index (χ2v) is 6.52. The number of rotatable bonds is 2. The Labute approximate surface area is 95.4 Å². The molecule has 92 valence electrons. The smallest absolute Gasteiger partial charge is 0.126 e. The van der Waals surface area contributed by atoms with Crippen molar-refractivity contribution in [1.82, 2.24) is 0 Å². The van der Waals surface area contributed by atoms with Gasteiger partial charge in [-0.25, -0.2) is 0 Å². The van der Waals surface area contributed by atoms with Crippen molar-refractivity contribution < 1.29 is 9.53 Å². The third-order valence-electron chi connectivity index (χ3n) is 1.07. The lowest BCUT2D eigenvalue weighted by molar-refractivity contribution is -0.114. The summed E-state index contributed by atoms with van der Waals surface area (Å²) in [6.07, 6.45) is 0. The Balaban J connectivity index is 0. The van der Waals surface area contributed by atoms with E-state index in [1.165, 1.54) is 13.8 Å². The fourth-order valence-electron chi connectivity index (χ4n) is 0.663. The molecule has 0 spiro atoms. The third-order valence-corrected chi connectivity index (χ3v) is 1.07. The van der Waals surface area contributed by atoms with E-state index in [0.29, 0.717) is 10.8 Å². The van der Waals surface area contributed by atoms with Crippen LogP contribution in [0.1, 0.15) is 55.4 Å². The maximum Gasteiger partial charge on any atom is 0.126 e. The van der Waals surface area contributed by atoms with Crippen LogP contribution < -0.4 is 0 Å². The van der Waals surface area contributed by atoms with Crippen LogP contribution in [0.3, 0.4) is 0 Å². The van der Waals surface area contributed by atoms with Gasteiger partial charge in [-0.3, -0.25) is 0 Å². The summed E-state index contributed by atoms with van der Waals surface area (Å²) in [4.78, 5) is 9.44. The minimum absolute atomic E-state index is 0.167. The zero-order valence-corrected chi connectivity index (χ0v) is 11.7. The van der Waals surface area contributed by atoms with Gasteiger partial charge in [-0.2, -0.15) is 0 Å². The summed E-state index contributed by atoms with van der Waals surface area (Å²) in [5, 5.41) is 0. The highest BCUT2D eigenvalue weighted by Gasteiger charge is 2.14. The van der Waals surface area contributed by atoms with Crippen molar-refractivity contribution in [2.75, 3.05) is 13.2 Å². The molecule has 0 aliphatic carbocycles. The molecule has 0 amide bonds. The maximum atomic E-state index is 9.44. The van der Waals surface area contributed by atoms with E-state index in [2.05, 4.69) is 41.5 Å². The number of hydrogen-bond donors (Lipinski definition) is 0. The summed E-state index contributed by atoms with van der Waals surface area (Å²) in [6, 6.07) is 0. The third kappa shape index (κ3) is 31.7. The molecule has 0 radical (unpaired) electrons. The Morgan fingerprint density at radius 1 is 0.867 bits per heavy atom. The van der Waals surface area contributed by atoms with Gasteiger partial charge in [0, 0.05) is 0 Å². The molecule has 0 aliphatic heterocycles. The van der Waals surface area contributed by atoms with E-state index in [-0.39, 0.29) is 5.78 Å². The molecular weight excluding hydrogens is 188 g/mol. The Bertz CT molecular complexity index is 152. The van der Waals surface area contributed by atoms with Gasteiger partial charge in [0.25, 0.3) is 0 Å². The summed E-state index contributed by atoms with van der Waals surface area (Å²) < 4.78 is 5.56. The molecule has 0 aromatic rings. The molecule has 0 aromatic carbocycles. The van der Waals surface area contributed by atoms with Crippen molar-refractivity contribution in [3.05, 3.63) is 0 Å². The van der Waals surface area contributed by atoms with Crippen LogP contribution in [0, 0.1) is 10.8 Å². The van der Waals surface area contributed by atoms with Crippen molar-refractivity contribution in [3.63, 3.8) is 0 Å². The maximum absolute atomic E-state index is 9.44. The monoisotopic (exact) mass is 216 g/mol. The number of ether oxygens (including phenoxy) is 1. The lowest BCUT2D eigenvalue weighted by Gasteiger charge is -2.23. The van der Waals surface area contributed by atoms with Crippen LogP contribution >= 0.6 is 0 Å². The van der Waals surface area contributed by atoms with Gasteiger partial charge in [0.2, 0.25) is 0 Å². The van der Waals surface area contributed by atoms with Gasteiger partial charge >= 0.3 is 0 Å². The van der Waals surface area contributed by atoms with Crippen LogP contribution in [-0.2, 0) is 9.53 Å². The number of hydrogen-bond acceptors (Lipinski definition) is 2. The van der Waals surface area contributed by atoms with Crippen molar-refractivity contribution in [3.8, 4) is 0 Å². The largest absolute Gasteiger partial charge is 0.380 e. The van der Waals surface area contributed by atoms with Crippen LogP contribution in [0.25, 0.3) is 0 Å². The van der Waals surface area contributed by atoms with E-state index in [0.717, 1.165) is 13.2 Å². The average Bonchev–Trinajstić information content (AvgIpc) is 1.77. The second-order valence-electron chi connectivity index (χ2n) is 6.52. The highest BCUT2D eigenvalue weighted by atomic mass is 16.5. The molecule has 0 bridgehead atoms. The van der Waals surface area contributed by atoms with Crippen molar-refractivity contribution in [2.45, 2.75) is 55.4 Å². The molecule has 0 saturated heterocycles. The fourth-order valence-corrected chi connectivity index (χ4v) is 0.663. The second kappa shape index (κ2) is 7.00. The van der Waals surface area contributed by atoms with Gasteiger partial charge in [-0.1, -0.05) is 41.5 Å². The van der Waals surface area contributed by atoms with Gasteiger partial charge in [0.1, 0.15) is 5.78 Å². The summed E-state index contributed by atoms with van der Waals surface area (Å²) in [5.41, 5.74) is 0.594. The van der Waals surface area contributed by atoms with Crippen molar-refractivity contribution >= 4 is 5.78 Å². The van der Waals surface area contributed by atoms with Crippen LogP contribution in [0.2, 0.25) is 0 Å². The molecule has 0 rings (SSSR count). The molecular formula is C13H28O2. The van der Waals surface area contributed by atoms with Crippen LogP contribution in [0.4, 0.5) is 0 Å². The predicted molar refractivity (Wildman–Crippen MR) is 66.1 cm³/mol. The standard InChI is InChI=1S/C10H22O.C3H6O/c1-9(2,3)7-11-8-10(4,5)6;1-3(2)4/h7-8H2,1-6H3;1-2H3. The van der Waals surface area contributed by atoms with E-state index in [4.69, 9.17) is 4.74 Å². The molecule has 0 N–H and O–H groups in total. The van der Waals surface area contributed by atoms with Gasteiger partial charge in [-0.05, 0) is 24.7 Å². The van der Waals surface area contributed by atoms with E-state index >= 15 is 0 Å². The topological polar surface area (TPSA) is 26.3 Å². The van der Waals surface area contributed by atoms with Crippen molar-refractivity contribution in [2.24, 2.45) is 10.8 Å². The number of carbonyl (C=O) groups is 1. The molecule has 0 atom stereocenters. The Morgan fingerprint density at radius 2 is 1.07 bits per heavy atom. The van der Waals surface area contributed by atoms with Gasteiger partial charge in [0.05, 0.1) is 13.2 Å². The lowest BCUT2D eigenvalue weighted by Crippen LogP contribution is -2.21. The van der Waals surface area contributed by atoms with E-state index < -0.39 is 0 Å². The molecule has 0 unspecified atom stereocenters. The Morgan fingerprint density at radius 3 is 1.20 bits per heavy atom.